The smallest absolute Gasteiger partial charge is 0.222 e. The van der Waals surface area contributed by atoms with Crippen LogP contribution < -0.4 is 5.32 Å². The zero-order valence-electron chi connectivity index (χ0n) is 13.9. The molecular weight excluding hydrogens is 268 g/mol. The van der Waals surface area contributed by atoms with Crippen molar-refractivity contribution in [3.8, 4) is 0 Å². The van der Waals surface area contributed by atoms with Crippen LogP contribution in [0.4, 0.5) is 0 Å². The normalized spacial score (nSPS) is 21.2. The number of carbonyl (C=O) groups is 1. The van der Waals surface area contributed by atoms with Crippen LogP contribution in [-0.4, -0.2) is 62.9 Å². The summed E-state index contributed by atoms with van der Waals surface area (Å²) in [5.74, 6) is 0.206. The summed E-state index contributed by atoms with van der Waals surface area (Å²) in [4.78, 5) is 14.1. The Bertz CT molecular complexity index is 287. The predicted molar refractivity (Wildman–Crippen MR) is 84.4 cm³/mol. The minimum absolute atomic E-state index is 0.0802. The van der Waals surface area contributed by atoms with Crippen LogP contribution in [0, 0.1) is 5.92 Å². The van der Waals surface area contributed by atoms with Crippen molar-refractivity contribution in [1.82, 2.24) is 10.2 Å². The lowest BCUT2D eigenvalue weighted by molar-refractivity contribution is -0.125. The maximum absolute atomic E-state index is 11.8. The van der Waals surface area contributed by atoms with Gasteiger partial charge in [-0.3, -0.25) is 9.69 Å². The van der Waals surface area contributed by atoms with Crippen molar-refractivity contribution in [3.05, 3.63) is 0 Å². The molecule has 5 heteroatoms. The van der Waals surface area contributed by atoms with E-state index in [9.17, 15) is 4.79 Å². The van der Waals surface area contributed by atoms with Crippen LogP contribution in [0.15, 0.2) is 0 Å². The van der Waals surface area contributed by atoms with Crippen molar-refractivity contribution < 1.29 is 14.3 Å². The molecule has 0 aromatic carbocycles. The van der Waals surface area contributed by atoms with E-state index >= 15 is 0 Å². The molecule has 2 atom stereocenters. The maximum Gasteiger partial charge on any atom is 0.222 e. The highest BCUT2D eigenvalue weighted by atomic mass is 16.5. The van der Waals surface area contributed by atoms with Gasteiger partial charge in [-0.05, 0) is 12.8 Å². The van der Waals surface area contributed by atoms with E-state index < -0.39 is 0 Å². The molecule has 1 heterocycles. The van der Waals surface area contributed by atoms with E-state index in [2.05, 4.69) is 17.1 Å². The van der Waals surface area contributed by atoms with E-state index in [1.807, 2.05) is 13.8 Å². The summed E-state index contributed by atoms with van der Waals surface area (Å²) in [5, 5.41) is 2.99. The van der Waals surface area contributed by atoms with E-state index in [1.165, 1.54) is 6.42 Å². The van der Waals surface area contributed by atoms with Crippen LogP contribution in [0.25, 0.3) is 0 Å². The summed E-state index contributed by atoms with van der Waals surface area (Å²) in [7, 11) is 0. The summed E-state index contributed by atoms with van der Waals surface area (Å²) in [6, 6.07) is 0. The molecule has 0 bridgehead atoms. The Hall–Kier alpha value is -0.650. The molecule has 0 aromatic heterocycles. The van der Waals surface area contributed by atoms with Gasteiger partial charge in [0.25, 0.3) is 0 Å². The molecule has 1 saturated heterocycles. The molecule has 5 nitrogen and oxygen atoms in total. The average Bonchev–Trinajstić information content (AvgIpc) is 2.52. The van der Waals surface area contributed by atoms with Gasteiger partial charge in [0.2, 0.25) is 5.91 Å². The topological polar surface area (TPSA) is 50.8 Å². The molecule has 0 radical (unpaired) electrons. The lowest BCUT2D eigenvalue weighted by atomic mass is 10.1. The summed E-state index contributed by atoms with van der Waals surface area (Å²) in [6.07, 6.45) is 3.28. The summed E-state index contributed by atoms with van der Waals surface area (Å²) in [6.45, 7) is 11.9. The molecule has 1 fully saturated rings. The Morgan fingerprint density at radius 3 is 2.95 bits per heavy atom. The van der Waals surface area contributed by atoms with Gasteiger partial charge >= 0.3 is 0 Å². The molecule has 21 heavy (non-hydrogen) atoms. The number of unbranched alkanes of at least 4 members (excludes halogenated alkanes) is 1. The largest absolute Gasteiger partial charge is 0.380 e. The number of amides is 1. The number of hydrogen-bond acceptors (Lipinski definition) is 4. The summed E-state index contributed by atoms with van der Waals surface area (Å²) < 4.78 is 11.3. The molecule has 1 N–H and O–H groups in total. The van der Waals surface area contributed by atoms with Crippen LogP contribution in [0.3, 0.4) is 0 Å². The van der Waals surface area contributed by atoms with Gasteiger partial charge in [0, 0.05) is 38.7 Å². The van der Waals surface area contributed by atoms with E-state index in [4.69, 9.17) is 9.47 Å². The van der Waals surface area contributed by atoms with Gasteiger partial charge < -0.3 is 14.8 Å². The maximum atomic E-state index is 11.8. The van der Waals surface area contributed by atoms with Crippen LogP contribution in [-0.2, 0) is 14.3 Å². The van der Waals surface area contributed by atoms with Crippen LogP contribution in [0.1, 0.15) is 40.0 Å². The van der Waals surface area contributed by atoms with Crippen molar-refractivity contribution in [2.45, 2.75) is 46.1 Å². The zero-order valence-corrected chi connectivity index (χ0v) is 13.9. The fourth-order valence-corrected chi connectivity index (χ4v) is 2.22. The first-order chi connectivity index (χ1) is 10.2. The number of nitrogens with zero attached hydrogens (tertiary/aromatic N) is 1. The molecular formula is C16H32N2O3. The molecule has 0 spiro atoms. The van der Waals surface area contributed by atoms with Crippen molar-refractivity contribution in [3.63, 3.8) is 0 Å². The Balaban J connectivity index is 2.15. The van der Waals surface area contributed by atoms with Gasteiger partial charge in [-0.25, -0.2) is 0 Å². The second kappa shape index (κ2) is 11.0. The van der Waals surface area contributed by atoms with E-state index in [1.54, 1.807) is 0 Å². The summed E-state index contributed by atoms with van der Waals surface area (Å²) in [5.41, 5.74) is 0. The Labute approximate surface area is 129 Å². The first-order valence-corrected chi connectivity index (χ1v) is 8.36. The first kappa shape index (κ1) is 18.4. The number of hydrogen-bond donors (Lipinski definition) is 1. The van der Waals surface area contributed by atoms with Gasteiger partial charge in [-0.2, -0.15) is 0 Å². The fourth-order valence-electron chi connectivity index (χ4n) is 2.22. The minimum Gasteiger partial charge on any atom is -0.380 e. The number of ether oxygens (including phenoxy) is 2. The minimum atomic E-state index is 0.0802. The van der Waals surface area contributed by atoms with Crippen LogP contribution in [0.2, 0.25) is 0 Å². The van der Waals surface area contributed by atoms with Gasteiger partial charge in [0.1, 0.15) is 0 Å². The Morgan fingerprint density at radius 2 is 2.24 bits per heavy atom. The second-order valence-corrected chi connectivity index (χ2v) is 5.81. The third-order valence-electron chi connectivity index (χ3n) is 3.98. The number of morpholine rings is 1. The van der Waals surface area contributed by atoms with Gasteiger partial charge in [-0.15, -0.1) is 0 Å². The van der Waals surface area contributed by atoms with E-state index in [0.717, 1.165) is 52.3 Å². The predicted octanol–water partition coefficient (Wildman–Crippen LogP) is 1.67. The molecule has 0 aromatic rings. The van der Waals surface area contributed by atoms with Crippen LogP contribution >= 0.6 is 0 Å². The first-order valence-electron chi connectivity index (χ1n) is 8.36. The highest BCUT2D eigenvalue weighted by molar-refractivity contribution is 5.78. The molecule has 0 aliphatic carbocycles. The number of carbonyl (C=O) groups excluding carboxylic acids is 1. The highest BCUT2D eigenvalue weighted by Gasteiger charge is 2.21. The standard InChI is InChI=1S/C16H32N2O3/c1-4-6-9-20-10-7-18-8-11-21-15(13-18)12-17-16(19)14(3)5-2/h14-15H,4-13H2,1-3H3,(H,17,19)/t14?,15-/m1/s1. The van der Waals surface area contributed by atoms with E-state index in [0.29, 0.717) is 6.54 Å². The molecule has 1 aliphatic heterocycles. The SMILES string of the molecule is CCCCOCCN1CCO[C@H](CNC(=O)C(C)CC)C1. The fraction of sp³-hybridized carbons (Fsp3) is 0.938. The van der Waals surface area contributed by atoms with Crippen molar-refractivity contribution in [1.29, 1.82) is 0 Å². The molecule has 1 rings (SSSR count). The van der Waals surface area contributed by atoms with E-state index in [-0.39, 0.29) is 17.9 Å². The molecule has 1 aliphatic rings. The summed E-state index contributed by atoms with van der Waals surface area (Å²) >= 11 is 0. The highest BCUT2D eigenvalue weighted by Crippen LogP contribution is 2.05. The Kier molecular flexibility index (Phi) is 9.63. The second-order valence-electron chi connectivity index (χ2n) is 5.81. The van der Waals surface area contributed by atoms with Gasteiger partial charge in [0.15, 0.2) is 0 Å². The number of nitrogens with one attached hydrogen (secondary N) is 1. The molecule has 1 unspecified atom stereocenters. The number of rotatable bonds is 10. The monoisotopic (exact) mass is 300 g/mol. The van der Waals surface area contributed by atoms with Crippen LogP contribution in [0.5, 0.6) is 0 Å². The van der Waals surface area contributed by atoms with Crippen molar-refractivity contribution >= 4 is 5.91 Å². The molecule has 1 amide bonds. The quantitative estimate of drug-likeness (QED) is 0.624. The lowest BCUT2D eigenvalue weighted by Crippen LogP contribution is -2.48. The van der Waals surface area contributed by atoms with Crippen molar-refractivity contribution in [2.75, 3.05) is 46.0 Å². The Morgan fingerprint density at radius 1 is 1.43 bits per heavy atom. The average molecular weight is 300 g/mol. The third-order valence-corrected chi connectivity index (χ3v) is 3.98. The lowest BCUT2D eigenvalue weighted by Gasteiger charge is -2.33. The van der Waals surface area contributed by atoms with Gasteiger partial charge in [0.05, 0.1) is 19.3 Å². The third kappa shape index (κ3) is 7.79. The molecule has 0 saturated carbocycles. The van der Waals surface area contributed by atoms with Crippen molar-refractivity contribution in [2.24, 2.45) is 5.92 Å². The van der Waals surface area contributed by atoms with Gasteiger partial charge in [-0.1, -0.05) is 27.2 Å². The molecule has 124 valence electrons. The zero-order chi connectivity index (χ0) is 15.5.